The Morgan fingerprint density at radius 2 is 1.04 bits per heavy atom. The van der Waals surface area contributed by atoms with Gasteiger partial charge in [-0.1, -0.05) is 19.7 Å². The van der Waals surface area contributed by atoms with E-state index in [1.165, 1.54) is 12.5 Å². The zero-order valence-corrected chi connectivity index (χ0v) is 57.5. The van der Waals surface area contributed by atoms with Crippen LogP contribution in [0.15, 0.2) is 108 Å². The summed E-state index contributed by atoms with van der Waals surface area (Å²) in [5.41, 5.74) is 9.21. The van der Waals surface area contributed by atoms with Gasteiger partial charge in [0.25, 0.3) is 17.4 Å². The molecular weight excluding hydrogens is 1150 g/mol. The minimum absolute atomic E-state index is 0.0584. The first-order chi connectivity index (χ1) is 42.5. The molecule has 0 radical (unpaired) electrons. The van der Waals surface area contributed by atoms with Gasteiger partial charge in [-0.05, 0) is 164 Å². The Morgan fingerprint density at radius 3 is 1.57 bits per heavy atom. The number of hydrogen-bond donors (Lipinski definition) is 4. The van der Waals surface area contributed by atoms with Crippen LogP contribution in [0.1, 0.15) is 205 Å². The number of rotatable bonds is 8. The predicted octanol–water partition coefficient (Wildman–Crippen LogP) is 11.6. The van der Waals surface area contributed by atoms with Crippen molar-refractivity contribution in [2.45, 2.75) is 202 Å². The van der Waals surface area contributed by atoms with Gasteiger partial charge in [-0.3, -0.25) is 19.2 Å². The van der Waals surface area contributed by atoms with Gasteiger partial charge in [-0.2, -0.15) is 0 Å². The number of allylic oxidation sites excluding steroid dienone is 1. The van der Waals surface area contributed by atoms with E-state index in [4.69, 9.17) is 0 Å². The van der Waals surface area contributed by atoms with Crippen molar-refractivity contribution in [1.29, 1.82) is 0 Å². The second-order valence-corrected chi connectivity index (χ2v) is 24.1. The van der Waals surface area contributed by atoms with Gasteiger partial charge in [0.2, 0.25) is 5.82 Å². The smallest absolute Gasteiger partial charge is 0.279 e. The van der Waals surface area contributed by atoms with Crippen molar-refractivity contribution in [2.24, 2.45) is 4.99 Å². The van der Waals surface area contributed by atoms with Gasteiger partial charge in [0.15, 0.2) is 28.3 Å². The molecule has 4 N–H and O–H groups in total. The molecular formula is C65H94N22O4. The molecule has 8 aromatic rings. The highest BCUT2D eigenvalue weighted by atomic mass is 16.2. The van der Waals surface area contributed by atoms with Crippen LogP contribution < -0.4 is 21.5 Å². The number of imidazole rings is 3. The molecule has 26 nitrogen and oxygen atoms in total. The number of amides is 2. The van der Waals surface area contributed by atoms with Gasteiger partial charge >= 0.3 is 0 Å². The van der Waals surface area contributed by atoms with E-state index >= 15 is 0 Å². The number of aromatic amines is 1. The molecule has 3 aliphatic rings. The number of carbonyl (C=O) groups excluding carboxylic acids is 3. The summed E-state index contributed by atoms with van der Waals surface area (Å²) in [5.74, 6) is 4.90. The number of aliphatic imine (C=N–C) groups is 1. The third kappa shape index (κ3) is 18.4. The monoisotopic (exact) mass is 1250 g/mol. The molecule has 26 heteroatoms. The number of carbonyl (C=O) groups is 3. The number of Topliss-reactive ketones (excluding diaryl/α,β-unsaturated/α-hetero) is 1. The summed E-state index contributed by atoms with van der Waals surface area (Å²) >= 11 is 0. The molecule has 0 atom stereocenters. The Kier molecular flexibility index (Phi) is 24.6. The second kappa shape index (κ2) is 31.1. The molecule has 0 fully saturated rings. The average molecular weight is 1250 g/mol. The number of nitrogens with one attached hydrogen (secondary N) is 4. The summed E-state index contributed by atoms with van der Waals surface area (Å²) < 4.78 is 9.70. The zero-order valence-electron chi connectivity index (χ0n) is 57.5. The van der Waals surface area contributed by atoms with Crippen LogP contribution in [0, 0.1) is 34.6 Å². The fourth-order valence-electron chi connectivity index (χ4n) is 9.08. The van der Waals surface area contributed by atoms with E-state index in [9.17, 15) is 19.2 Å². The van der Waals surface area contributed by atoms with Gasteiger partial charge in [0.1, 0.15) is 58.2 Å². The Hall–Kier alpha value is -9.75. The first-order valence-electron chi connectivity index (χ1n) is 30.4. The van der Waals surface area contributed by atoms with Crippen LogP contribution in [0.5, 0.6) is 0 Å². The number of anilines is 1. The normalized spacial score (nSPS) is 13.6. The lowest BCUT2D eigenvalue weighted by Crippen LogP contribution is -2.40. The van der Waals surface area contributed by atoms with Gasteiger partial charge in [0.05, 0.1) is 30.4 Å². The summed E-state index contributed by atoms with van der Waals surface area (Å²) in [6.45, 7) is 57.2. The largest absolute Gasteiger partial charge is 0.332 e. The van der Waals surface area contributed by atoms with Crippen LogP contribution >= 0.6 is 0 Å². The van der Waals surface area contributed by atoms with Gasteiger partial charge < -0.3 is 49.0 Å². The lowest BCUT2D eigenvalue weighted by molar-refractivity contribution is -0.117. The highest BCUT2D eigenvalue weighted by Crippen LogP contribution is 2.25. The molecule has 0 spiro atoms. The predicted molar refractivity (Wildman–Crippen MR) is 360 cm³/mol. The third-order valence-corrected chi connectivity index (χ3v) is 14.1. The highest BCUT2D eigenvalue weighted by molar-refractivity contribution is 6.01. The van der Waals surface area contributed by atoms with Gasteiger partial charge in [-0.15, -0.1) is 5.10 Å². The van der Waals surface area contributed by atoms with Crippen LogP contribution in [0.4, 0.5) is 5.82 Å². The summed E-state index contributed by atoms with van der Waals surface area (Å²) in [7, 11) is 0. The lowest BCUT2D eigenvalue weighted by Gasteiger charge is -2.31. The Bertz CT molecular complexity index is 4000. The molecule has 0 saturated carbocycles. The molecule has 2 amide bonds. The van der Waals surface area contributed by atoms with Crippen molar-refractivity contribution >= 4 is 62.5 Å². The SMILES string of the molecule is C=C1N=C(C)C(C)=CN1C(C)C.C=C1NC(=O)C(C)=CN1C(C)C.C=C1NC(=O)c2ncn(C(C)C)c2N1.CC(=O)c1ncn(C(C)C)n1.Cc1nc(C)c2ccn(C(C)C)c2n1.Cc1nc(C)c2ncn(C(C)C)c2n1.Cc1nc2c(ncn2C(C)C)c(=O)[nH]1. The topological polar surface area (TPSA) is 293 Å². The molecule has 91 heavy (non-hydrogen) atoms. The maximum absolute atomic E-state index is 11.5. The van der Waals surface area contributed by atoms with E-state index in [1.54, 1.807) is 37.5 Å². The molecule has 11 rings (SSSR count). The molecule has 0 aliphatic carbocycles. The number of H-pyrrole nitrogens is 1. The number of ketones is 1. The van der Waals surface area contributed by atoms with Crippen molar-refractivity contribution in [2.75, 3.05) is 5.32 Å². The number of aryl methyl sites for hydroxylation is 5. The van der Waals surface area contributed by atoms with Crippen LogP contribution in [-0.4, -0.2) is 123 Å². The first-order valence-corrected chi connectivity index (χ1v) is 30.4. The highest BCUT2D eigenvalue weighted by Gasteiger charge is 2.25. The van der Waals surface area contributed by atoms with E-state index < -0.39 is 0 Å². The number of fused-ring (bicyclic) bond motifs is 4. The van der Waals surface area contributed by atoms with Crippen LogP contribution in [-0.2, 0) is 4.79 Å². The molecule has 0 aromatic carbocycles. The van der Waals surface area contributed by atoms with E-state index in [-0.39, 0.29) is 41.3 Å². The second-order valence-electron chi connectivity index (χ2n) is 24.1. The van der Waals surface area contributed by atoms with E-state index in [0.29, 0.717) is 70.1 Å². The molecule has 488 valence electrons. The molecule has 11 heterocycles. The van der Waals surface area contributed by atoms with Crippen molar-refractivity contribution < 1.29 is 14.4 Å². The summed E-state index contributed by atoms with van der Waals surface area (Å²) in [5, 5.41) is 13.4. The Labute approximate surface area is 534 Å². The average Bonchev–Trinajstić information content (AvgIpc) is 1.72. The van der Waals surface area contributed by atoms with Gasteiger partial charge in [0, 0.05) is 84.5 Å². The van der Waals surface area contributed by atoms with Crippen molar-refractivity contribution in [3.05, 3.63) is 149 Å². The van der Waals surface area contributed by atoms with Crippen molar-refractivity contribution in [3.8, 4) is 0 Å². The summed E-state index contributed by atoms with van der Waals surface area (Å²) in [4.78, 5) is 93.8. The zero-order chi connectivity index (χ0) is 68.2. The fourth-order valence-corrected chi connectivity index (χ4v) is 9.08. The summed E-state index contributed by atoms with van der Waals surface area (Å²) in [6, 6.07) is 4.46. The number of hydrogen-bond acceptors (Lipinski definition) is 18. The van der Waals surface area contributed by atoms with Gasteiger partial charge in [-0.25, -0.2) is 54.5 Å². The standard InChI is InChI=1S/C11H15N3.C10H14N4.C10H16N2.2C9H12N4O.C9H14N2O.C7H11N3O/c1-7(2)14-6-5-10-8(3)12-9(4)13-11(10)14;1-6(2)14-5-11-9-7(3)12-8(4)13-10(9)14;1-7(2)12-6-8(3)9(4)11-10(12)5;2*1-5(2)13-4-10-7-8(13)11-6(3)12-9(7)14;1-6(2)11-5-7(3)9(12)10-8(11)4;1-5(2)10-4-8-7(9-10)6(3)11/h5-7H,1-4H3;5-6H,1-4H3;6-7H,5H2,1-4H3;4-5H,1-3H3,(H,11,12,14);4-5,11H,3H2,1-2H3,(H,12,14);5-6H,4H2,1-3H3,(H,10,12);4-5H,1-3H3. The van der Waals surface area contributed by atoms with E-state index in [2.05, 4.69) is 177 Å². The lowest BCUT2D eigenvalue weighted by atomic mass is 10.2. The quantitative estimate of drug-likeness (QED) is 0.103. The maximum Gasteiger partial charge on any atom is 0.279 e. The number of nitrogens with zero attached hydrogens (tertiary/aromatic N) is 18. The Balaban J connectivity index is 0.000000193. The minimum atomic E-state index is -0.205. The van der Waals surface area contributed by atoms with Crippen LogP contribution in [0.3, 0.4) is 0 Å². The first kappa shape index (κ1) is 72.0. The Morgan fingerprint density at radius 1 is 0.516 bits per heavy atom. The van der Waals surface area contributed by atoms with Crippen molar-refractivity contribution in [3.63, 3.8) is 0 Å². The number of aromatic nitrogens is 16. The van der Waals surface area contributed by atoms with Crippen LogP contribution in [0.2, 0.25) is 0 Å². The van der Waals surface area contributed by atoms with E-state index in [1.807, 2.05) is 117 Å². The van der Waals surface area contributed by atoms with E-state index in [0.717, 1.165) is 62.3 Å². The summed E-state index contributed by atoms with van der Waals surface area (Å²) in [6.07, 6.45) is 12.7. The molecule has 0 bridgehead atoms. The van der Waals surface area contributed by atoms with Crippen LogP contribution in [0.25, 0.3) is 33.4 Å². The minimum Gasteiger partial charge on any atom is -0.332 e. The third-order valence-electron chi connectivity index (χ3n) is 14.1. The van der Waals surface area contributed by atoms with Crippen molar-refractivity contribution in [1.82, 2.24) is 98.3 Å². The molecule has 8 aromatic heterocycles. The maximum atomic E-state index is 11.5. The molecule has 0 saturated heterocycles. The fraction of sp³-hybridized carbons (Fsp3) is 0.462. The molecule has 0 unspecified atom stereocenters. The molecule has 3 aliphatic heterocycles.